The Balaban J connectivity index is 2.57. The summed E-state index contributed by atoms with van der Waals surface area (Å²) in [6.07, 6.45) is 1.50. The van der Waals surface area contributed by atoms with Gasteiger partial charge in [-0.3, -0.25) is 4.79 Å². The van der Waals surface area contributed by atoms with Crippen LogP contribution in [0.15, 0.2) is 10.5 Å². The number of phenolic OH excluding ortho intramolecular Hbond substituents is 1. The molecule has 1 saturated carbocycles. The first-order chi connectivity index (χ1) is 7.02. The van der Waals surface area contributed by atoms with Gasteiger partial charge in [0.1, 0.15) is 5.75 Å². The zero-order valence-corrected chi connectivity index (χ0v) is 9.90. The van der Waals surface area contributed by atoms with E-state index in [1.54, 1.807) is 0 Å². The van der Waals surface area contributed by atoms with Gasteiger partial charge >= 0.3 is 0 Å². The zero-order valence-electron chi connectivity index (χ0n) is 7.56. The topological polar surface area (TPSA) is 37.3 Å². The molecule has 1 aliphatic carbocycles. The molecule has 0 unspecified atom stereocenters. The second kappa shape index (κ2) is 3.76. The van der Waals surface area contributed by atoms with E-state index in [4.69, 9.17) is 11.6 Å². The van der Waals surface area contributed by atoms with Crippen LogP contribution in [-0.2, 0) is 0 Å². The molecule has 0 heterocycles. The third kappa shape index (κ3) is 1.88. The van der Waals surface area contributed by atoms with Gasteiger partial charge in [-0.05, 0) is 34.8 Å². The van der Waals surface area contributed by atoms with Gasteiger partial charge in [-0.15, -0.1) is 0 Å². The lowest BCUT2D eigenvalue weighted by atomic mass is 10.1. The summed E-state index contributed by atoms with van der Waals surface area (Å²) in [7, 11) is 0. The zero-order chi connectivity index (χ0) is 11.2. The summed E-state index contributed by atoms with van der Waals surface area (Å²) in [5, 5.41) is 9.42. The van der Waals surface area contributed by atoms with Crippen LogP contribution < -0.4 is 0 Å². The Hall–Kier alpha value is -0.610. The monoisotopic (exact) mass is 292 g/mol. The van der Waals surface area contributed by atoms with Crippen LogP contribution in [0.2, 0.25) is 5.02 Å². The summed E-state index contributed by atoms with van der Waals surface area (Å²) in [4.78, 5) is 11.7. The first-order valence-electron chi connectivity index (χ1n) is 4.43. The van der Waals surface area contributed by atoms with Gasteiger partial charge in [0.15, 0.2) is 11.6 Å². The lowest BCUT2D eigenvalue weighted by molar-refractivity contribution is 0.0960. The van der Waals surface area contributed by atoms with Crippen molar-refractivity contribution in [3.05, 3.63) is 26.9 Å². The maximum absolute atomic E-state index is 13.5. The Kier molecular flexibility index (Phi) is 2.73. The highest BCUT2D eigenvalue weighted by Gasteiger charge is 2.35. The van der Waals surface area contributed by atoms with Crippen molar-refractivity contribution in [1.82, 2.24) is 0 Å². The van der Waals surface area contributed by atoms with E-state index >= 15 is 0 Å². The fraction of sp³-hybridized carbons (Fsp3) is 0.300. The first-order valence-corrected chi connectivity index (χ1v) is 5.60. The fourth-order valence-electron chi connectivity index (χ4n) is 1.36. The summed E-state index contributed by atoms with van der Waals surface area (Å²) in [5.41, 5.74) is -0.295. The van der Waals surface area contributed by atoms with E-state index in [0.717, 1.165) is 12.8 Å². The number of ketones is 1. The molecule has 1 N–H and O–H groups in total. The van der Waals surface area contributed by atoms with Crippen LogP contribution in [0.3, 0.4) is 0 Å². The van der Waals surface area contributed by atoms with Crippen LogP contribution in [0.25, 0.3) is 0 Å². The minimum atomic E-state index is -0.839. The molecule has 0 bridgehead atoms. The number of carbonyl (C=O) groups excluding carboxylic acids is 1. The third-order valence-corrected chi connectivity index (χ3v) is 3.22. The summed E-state index contributed by atoms with van der Waals surface area (Å²) in [5.74, 6) is -1.73. The van der Waals surface area contributed by atoms with E-state index < -0.39 is 5.82 Å². The predicted octanol–water partition coefficient (Wildman–Crippen LogP) is 3.54. The van der Waals surface area contributed by atoms with Crippen LogP contribution in [-0.4, -0.2) is 10.9 Å². The van der Waals surface area contributed by atoms with Crippen LogP contribution in [0.5, 0.6) is 5.75 Å². The molecule has 0 aliphatic heterocycles. The molecule has 1 aliphatic rings. The van der Waals surface area contributed by atoms with Gasteiger partial charge in [-0.2, -0.15) is 0 Å². The summed E-state index contributed by atoms with van der Waals surface area (Å²) in [6.45, 7) is 0. The molecule has 1 aromatic rings. The molecule has 2 nitrogen and oxygen atoms in total. The van der Waals surface area contributed by atoms with E-state index in [0.29, 0.717) is 0 Å². The number of halogens is 3. The molecule has 1 aromatic carbocycles. The van der Waals surface area contributed by atoms with Crippen LogP contribution in [0.1, 0.15) is 23.2 Å². The van der Waals surface area contributed by atoms with E-state index in [2.05, 4.69) is 15.9 Å². The number of carbonyl (C=O) groups is 1. The molecule has 0 saturated heterocycles. The molecule has 1 fully saturated rings. The molecule has 80 valence electrons. The molecule has 15 heavy (non-hydrogen) atoms. The van der Waals surface area contributed by atoms with Crippen molar-refractivity contribution in [2.45, 2.75) is 12.8 Å². The second-order valence-corrected chi connectivity index (χ2v) is 4.78. The van der Waals surface area contributed by atoms with Gasteiger partial charge in [0.25, 0.3) is 0 Å². The van der Waals surface area contributed by atoms with Gasteiger partial charge in [0.2, 0.25) is 0 Å². The van der Waals surface area contributed by atoms with E-state index in [1.165, 1.54) is 6.07 Å². The van der Waals surface area contributed by atoms with E-state index in [9.17, 15) is 14.3 Å². The number of phenols is 1. The highest BCUT2D eigenvalue weighted by molar-refractivity contribution is 9.10. The Bertz CT molecular complexity index is 417. The van der Waals surface area contributed by atoms with Crippen molar-refractivity contribution >= 4 is 33.3 Å². The smallest absolute Gasteiger partial charge is 0.172 e. The minimum Gasteiger partial charge on any atom is -0.506 e. The molecule has 0 atom stereocenters. The molecular formula is C10H7BrClFO2. The lowest BCUT2D eigenvalue weighted by Gasteiger charge is -2.07. The number of rotatable bonds is 2. The third-order valence-electron chi connectivity index (χ3n) is 2.34. The number of hydrogen-bond acceptors (Lipinski definition) is 2. The SMILES string of the molecule is O=C(c1c(O)c(Br)cc(Cl)c1F)C1CC1. The Labute approximate surface area is 99.2 Å². The number of hydrogen-bond donors (Lipinski definition) is 1. The largest absolute Gasteiger partial charge is 0.506 e. The molecule has 0 spiro atoms. The molecule has 2 rings (SSSR count). The predicted molar refractivity (Wildman–Crippen MR) is 57.8 cm³/mol. The Morgan fingerprint density at radius 1 is 1.60 bits per heavy atom. The highest BCUT2D eigenvalue weighted by atomic mass is 79.9. The van der Waals surface area contributed by atoms with Crippen molar-refractivity contribution in [3.63, 3.8) is 0 Å². The summed E-state index contributed by atoms with van der Waals surface area (Å²) in [6, 6.07) is 1.23. The van der Waals surface area contributed by atoms with Crippen molar-refractivity contribution in [2.75, 3.05) is 0 Å². The Morgan fingerprint density at radius 3 is 2.73 bits per heavy atom. The maximum Gasteiger partial charge on any atom is 0.172 e. The number of benzene rings is 1. The first kappa shape index (κ1) is 10.9. The molecule has 0 radical (unpaired) electrons. The summed E-state index contributed by atoms with van der Waals surface area (Å²) >= 11 is 8.61. The summed E-state index contributed by atoms with van der Waals surface area (Å²) < 4.78 is 13.8. The molecule has 0 amide bonds. The van der Waals surface area contributed by atoms with Crippen molar-refractivity contribution < 1.29 is 14.3 Å². The quantitative estimate of drug-likeness (QED) is 0.669. The van der Waals surface area contributed by atoms with Crippen molar-refractivity contribution in [3.8, 4) is 5.75 Å². The average molecular weight is 294 g/mol. The second-order valence-electron chi connectivity index (χ2n) is 3.52. The maximum atomic E-state index is 13.5. The van der Waals surface area contributed by atoms with Gasteiger partial charge in [-0.1, -0.05) is 11.6 Å². The van der Waals surface area contributed by atoms with Gasteiger partial charge < -0.3 is 5.11 Å². The standard InChI is InChI=1S/C10H7BrClFO2/c11-5-3-6(12)8(13)7(10(5)15)9(14)4-1-2-4/h3-4,15H,1-2H2. The normalized spacial score (nSPS) is 15.4. The fourth-order valence-corrected chi connectivity index (χ4v) is 2.12. The molecular weight excluding hydrogens is 286 g/mol. The van der Waals surface area contributed by atoms with Gasteiger partial charge in [0.05, 0.1) is 15.1 Å². The van der Waals surface area contributed by atoms with Crippen LogP contribution in [0.4, 0.5) is 4.39 Å². The number of Topliss-reactive ketones (excluding diaryl/α,β-unsaturated/α-hetero) is 1. The number of aromatic hydroxyl groups is 1. The van der Waals surface area contributed by atoms with E-state index in [-0.39, 0.29) is 32.5 Å². The lowest BCUT2D eigenvalue weighted by Crippen LogP contribution is -2.05. The van der Waals surface area contributed by atoms with Gasteiger partial charge in [0, 0.05) is 5.92 Å². The van der Waals surface area contributed by atoms with Crippen LogP contribution >= 0.6 is 27.5 Å². The van der Waals surface area contributed by atoms with Gasteiger partial charge in [-0.25, -0.2) is 4.39 Å². The minimum absolute atomic E-state index is 0.157. The highest BCUT2D eigenvalue weighted by Crippen LogP contribution is 2.40. The average Bonchev–Trinajstić information content (AvgIpc) is 2.98. The Morgan fingerprint density at radius 2 is 2.20 bits per heavy atom. The van der Waals surface area contributed by atoms with Crippen molar-refractivity contribution in [1.29, 1.82) is 0 Å². The van der Waals surface area contributed by atoms with Crippen molar-refractivity contribution in [2.24, 2.45) is 5.92 Å². The molecule has 0 aromatic heterocycles. The van der Waals surface area contributed by atoms with Crippen LogP contribution in [0, 0.1) is 11.7 Å². The molecule has 5 heteroatoms. The van der Waals surface area contributed by atoms with E-state index in [1.807, 2.05) is 0 Å².